The third-order valence-electron chi connectivity index (χ3n) is 2.46. The van der Waals surface area contributed by atoms with Crippen molar-refractivity contribution in [3.05, 3.63) is 28.8 Å². The molecule has 0 amide bonds. The van der Waals surface area contributed by atoms with Crippen molar-refractivity contribution in [2.24, 2.45) is 0 Å². The fraction of sp³-hybridized carbons (Fsp3) is 0.571. The monoisotopic (exact) mass is 256 g/mol. The minimum atomic E-state index is 0.249. The topological polar surface area (TPSA) is 18.5 Å². The van der Waals surface area contributed by atoms with Crippen LogP contribution in [-0.2, 0) is 10.6 Å². The number of halogens is 1. The maximum atomic E-state index is 5.82. The van der Waals surface area contributed by atoms with Gasteiger partial charge >= 0.3 is 0 Å². The first kappa shape index (κ1) is 14.3. The van der Waals surface area contributed by atoms with Crippen molar-refractivity contribution in [2.45, 2.75) is 39.7 Å². The summed E-state index contributed by atoms with van der Waals surface area (Å²) in [6.07, 6.45) is 0.249. The molecule has 0 aliphatic rings. The summed E-state index contributed by atoms with van der Waals surface area (Å²) in [5.41, 5.74) is 3.39. The third-order valence-corrected chi connectivity index (χ3v) is 2.76. The highest BCUT2D eigenvalue weighted by Gasteiger charge is 2.06. The molecule has 0 aliphatic carbocycles. The molecular formula is C14H21ClO2. The highest BCUT2D eigenvalue weighted by molar-refractivity contribution is 6.17. The molecular weight excluding hydrogens is 236 g/mol. The van der Waals surface area contributed by atoms with Gasteiger partial charge in [-0.2, -0.15) is 0 Å². The van der Waals surface area contributed by atoms with Crippen LogP contribution in [0, 0.1) is 13.8 Å². The van der Waals surface area contributed by atoms with E-state index in [-0.39, 0.29) is 6.10 Å². The van der Waals surface area contributed by atoms with Crippen molar-refractivity contribution in [1.82, 2.24) is 0 Å². The lowest BCUT2D eigenvalue weighted by atomic mass is 10.1. The minimum absolute atomic E-state index is 0.249. The third kappa shape index (κ3) is 4.57. The molecule has 96 valence electrons. The molecule has 0 unspecified atom stereocenters. The quantitative estimate of drug-likeness (QED) is 0.569. The zero-order valence-electron chi connectivity index (χ0n) is 11.0. The van der Waals surface area contributed by atoms with E-state index in [2.05, 4.69) is 12.1 Å². The Hall–Kier alpha value is -0.730. The number of rotatable bonds is 6. The Morgan fingerprint density at radius 2 is 1.71 bits per heavy atom. The Morgan fingerprint density at radius 1 is 1.12 bits per heavy atom. The van der Waals surface area contributed by atoms with Crippen LogP contribution in [0.5, 0.6) is 5.75 Å². The highest BCUT2D eigenvalue weighted by atomic mass is 35.5. The van der Waals surface area contributed by atoms with Crippen LogP contribution in [0.25, 0.3) is 0 Å². The molecule has 1 aromatic rings. The lowest BCUT2D eigenvalue weighted by Crippen LogP contribution is -2.12. The van der Waals surface area contributed by atoms with E-state index < -0.39 is 0 Å². The molecule has 1 rings (SSSR count). The first-order valence-corrected chi connectivity index (χ1v) is 6.48. The van der Waals surface area contributed by atoms with Crippen LogP contribution in [0.1, 0.15) is 30.5 Å². The minimum Gasteiger partial charge on any atom is -0.491 e. The summed E-state index contributed by atoms with van der Waals surface area (Å²) in [6.45, 7) is 9.33. The van der Waals surface area contributed by atoms with Crippen LogP contribution in [0.15, 0.2) is 12.1 Å². The molecule has 0 N–H and O–H groups in total. The molecule has 17 heavy (non-hydrogen) atoms. The van der Waals surface area contributed by atoms with Gasteiger partial charge in [-0.3, -0.25) is 0 Å². The molecule has 2 nitrogen and oxygen atoms in total. The molecule has 0 saturated heterocycles. The predicted molar refractivity (Wildman–Crippen MR) is 72.1 cm³/mol. The Morgan fingerprint density at radius 3 is 2.18 bits per heavy atom. The van der Waals surface area contributed by atoms with Gasteiger partial charge in [0, 0.05) is 5.88 Å². The van der Waals surface area contributed by atoms with Crippen molar-refractivity contribution < 1.29 is 9.47 Å². The first-order chi connectivity index (χ1) is 8.04. The lowest BCUT2D eigenvalue weighted by Gasteiger charge is -2.14. The van der Waals surface area contributed by atoms with E-state index in [1.165, 1.54) is 0 Å². The zero-order valence-corrected chi connectivity index (χ0v) is 11.8. The summed E-state index contributed by atoms with van der Waals surface area (Å²) in [4.78, 5) is 0. The molecule has 0 atom stereocenters. The van der Waals surface area contributed by atoms with Crippen molar-refractivity contribution in [3.8, 4) is 5.75 Å². The van der Waals surface area contributed by atoms with E-state index in [9.17, 15) is 0 Å². The Kier molecular flexibility index (Phi) is 5.79. The summed E-state index contributed by atoms with van der Waals surface area (Å²) in [7, 11) is 0. The van der Waals surface area contributed by atoms with Crippen LogP contribution in [0.3, 0.4) is 0 Å². The largest absolute Gasteiger partial charge is 0.491 e. The van der Waals surface area contributed by atoms with Crippen LogP contribution in [-0.4, -0.2) is 19.3 Å². The van der Waals surface area contributed by atoms with Crippen molar-refractivity contribution >= 4 is 11.6 Å². The number of hydrogen-bond donors (Lipinski definition) is 0. The van der Waals surface area contributed by atoms with E-state index in [1.54, 1.807) is 0 Å². The van der Waals surface area contributed by atoms with E-state index in [1.807, 2.05) is 27.7 Å². The SMILES string of the molecule is Cc1cc(CCl)cc(C)c1OCCOC(C)C. The fourth-order valence-electron chi connectivity index (χ4n) is 1.77. The normalized spacial score (nSPS) is 10.9. The van der Waals surface area contributed by atoms with E-state index >= 15 is 0 Å². The second-order valence-electron chi connectivity index (χ2n) is 4.46. The van der Waals surface area contributed by atoms with Crippen LogP contribution >= 0.6 is 11.6 Å². The van der Waals surface area contributed by atoms with Gasteiger partial charge in [-0.05, 0) is 44.4 Å². The number of hydrogen-bond acceptors (Lipinski definition) is 2. The zero-order chi connectivity index (χ0) is 12.8. The summed E-state index contributed by atoms with van der Waals surface area (Å²) in [5.74, 6) is 1.49. The smallest absolute Gasteiger partial charge is 0.125 e. The molecule has 0 saturated carbocycles. The van der Waals surface area contributed by atoms with Crippen LogP contribution < -0.4 is 4.74 Å². The fourth-order valence-corrected chi connectivity index (χ4v) is 1.93. The van der Waals surface area contributed by atoms with Crippen LogP contribution in [0.2, 0.25) is 0 Å². The number of alkyl halides is 1. The Balaban J connectivity index is 2.59. The van der Waals surface area contributed by atoms with Crippen molar-refractivity contribution in [3.63, 3.8) is 0 Å². The lowest BCUT2D eigenvalue weighted by molar-refractivity contribution is 0.0550. The maximum Gasteiger partial charge on any atom is 0.125 e. The van der Waals surface area contributed by atoms with Gasteiger partial charge in [0.2, 0.25) is 0 Å². The van der Waals surface area contributed by atoms with Crippen LogP contribution in [0.4, 0.5) is 0 Å². The summed E-state index contributed by atoms with van der Waals surface area (Å²) in [5, 5.41) is 0. The van der Waals surface area contributed by atoms with Gasteiger partial charge in [0.05, 0.1) is 12.7 Å². The number of aryl methyl sites for hydroxylation is 2. The van der Waals surface area contributed by atoms with Gasteiger partial charge in [-0.15, -0.1) is 11.6 Å². The first-order valence-electron chi connectivity index (χ1n) is 5.95. The van der Waals surface area contributed by atoms with Gasteiger partial charge in [-0.25, -0.2) is 0 Å². The van der Waals surface area contributed by atoms with Gasteiger partial charge in [-0.1, -0.05) is 12.1 Å². The predicted octanol–water partition coefficient (Wildman–Crippen LogP) is 3.85. The standard InChI is InChI=1S/C14H21ClO2/c1-10(2)16-5-6-17-14-11(3)7-13(9-15)8-12(14)4/h7-8,10H,5-6,9H2,1-4H3. The molecule has 0 bridgehead atoms. The Bertz CT molecular complexity index is 338. The van der Waals surface area contributed by atoms with Gasteiger partial charge in [0.25, 0.3) is 0 Å². The number of benzene rings is 1. The molecule has 0 heterocycles. The summed E-state index contributed by atoms with van der Waals surface area (Å²) < 4.78 is 11.2. The van der Waals surface area contributed by atoms with Crippen molar-refractivity contribution in [1.29, 1.82) is 0 Å². The summed E-state index contributed by atoms with van der Waals surface area (Å²) in [6, 6.07) is 4.14. The maximum absolute atomic E-state index is 5.82. The van der Waals surface area contributed by atoms with E-state index in [0.29, 0.717) is 19.1 Å². The molecule has 0 aromatic heterocycles. The molecule has 3 heteroatoms. The molecule has 1 aromatic carbocycles. The van der Waals surface area contributed by atoms with Gasteiger partial charge in [0.15, 0.2) is 0 Å². The van der Waals surface area contributed by atoms with Gasteiger partial charge in [0.1, 0.15) is 12.4 Å². The molecule has 0 radical (unpaired) electrons. The molecule has 0 fully saturated rings. The van der Waals surface area contributed by atoms with Crippen molar-refractivity contribution in [2.75, 3.05) is 13.2 Å². The van der Waals surface area contributed by atoms with E-state index in [0.717, 1.165) is 22.4 Å². The average molecular weight is 257 g/mol. The van der Waals surface area contributed by atoms with Gasteiger partial charge < -0.3 is 9.47 Å². The number of ether oxygens (including phenoxy) is 2. The highest BCUT2D eigenvalue weighted by Crippen LogP contribution is 2.25. The second kappa shape index (κ2) is 6.87. The summed E-state index contributed by atoms with van der Waals surface area (Å²) >= 11 is 5.82. The van der Waals surface area contributed by atoms with E-state index in [4.69, 9.17) is 21.1 Å². The molecule has 0 spiro atoms. The Labute approximate surface area is 109 Å². The average Bonchev–Trinajstić information content (AvgIpc) is 2.26. The molecule has 0 aliphatic heterocycles. The second-order valence-corrected chi connectivity index (χ2v) is 4.73.